The van der Waals surface area contributed by atoms with E-state index < -0.39 is 36.0 Å². The van der Waals surface area contributed by atoms with Crippen LogP contribution in [0.25, 0.3) is 11.1 Å². The zero-order valence-electron chi connectivity index (χ0n) is 19.0. The lowest BCUT2D eigenvalue weighted by Crippen LogP contribution is -2.53. The number of rotatable bonds is 9. The van der Waals surface area contributed by atoms with Crippen LogP contribution in [0.15, 0.2) is 48.5 Å². The summed E-state index contributed by atoms with van der Waals surface area (Å²) >= 11 is 0. The molecule has 0 fully saturated rings. The minimum Gasteiger partial charge on any atom is -0.481 e. The molecule has 0 heterocycles. The lowest BCUT2D eigenvalue weighted by Gasteiger charge is -2.26. The number of benzene rings is 2. The van der Waals surface area contributed by atoms with Crippen molar-refractivity contribution in [3.63, 3.8) is 0 Å². The van der Waals surface area contributed by atoms with Gasteiger partial charge >= 0.3 is 12.1 Å². The number of carboxylic acid groups (broad SMARTS) is 1. The minimum atomic E-state index is -1.60. The zero-order chi connectivity index (χ0) is 24.2. The molecule has 1 aliphatic rings. The van der Waals surface area contributed by atoms with Crippen LogP contribution in [-0.2, 0) is 14.3 Å². The van der Waals surface area contributed by atoms with E-state index in [2.05, 4.69) is 10.6 Å². The molecule has 4 N–H and O–H groups in total. The van der Waals surface area contributed by atoms with E-state index in [0.717, 1.165) is 22.3 Å². The molecule has 2 atom stereocenters. The van der Waals surface area contributed by atoms with Gasteiger partial charge in [0.2, 0.25) is 5.91 Å². The number of amides is 2. The molecule has 8 heteroatoms. The number of fused-ring (bicyclic) bond motifs is 3. The molecule has 2 aromatic carbocycles. The second kappa shape index (κ2) is 10.0. The Morgan fingerprint density at radius 1 is 1.03 bits per heavy atom. The van der Waals surface area contributed by atoms with E-state index >= 15 is 0 Å². The summed E-state index contributed by atoms with van der Waals surface area (Å²) in [6, 6.07) is 15.1. The number of hydrogen-bond acceptors (Lipinski definition) is 5. The highest BCUT2D eigenvalue weighted by molar-refractivity contribution is 5.86. The van der Waals surface area contributed by atoms with Crippen molar-refractivity contribution in [1.29, 1.82) is 0 Å². The standard InChI is InChI=1S/C25H30N2O6/c1-15(2)22(23(30)26-14-25(3,32)12-21(28)29)27-24(31)33-13-20-18-10-6-4-8-16(18)17-9-5-7-11-19(17)20/h4-11,15,20,22,32H,12-14H2,1-3H3,(H,26,30)(H,27,31)(H,28,29)/t22-,25?/m0/s1. The number of hydrogen-bond donors (Lipinski definition) is 4. The summed E-state index contributed by atoms with van der Waals surface area (Å²) < 4.78 is 5.51. The number of ether oxygens (including phenoxy) is 1. The van der Waals surface area contributed by atoms with Crippen molar-refractivity contribution >= 4 is 18.0 Å². The van der Waals surface area contributed by atoms with Crippen LogP contribution in [0.2, 0.25) is 0 Å². The average Bonchev–Trinajstić information content (AvgIpc) is 3.07. The lowest BCUT2D eigenvalue weighted by molar-refractivity contribution is -0.142. The Bertz CT molecular complexity index is 988. The first-order valence-electron chi connectivity index (χ1n) is 10.9. The van der Waals surface area contributed by atoms with Crippen molar-refractivity contribution in [3.05, 3.63) is 59.7 Å². The summed E-state index contributed by atoms with van der Waals surface area (Å²) in [5.41, 5.74) is 2.81. The molecule has 0 saturated carbocycles. The summed E-state index contributed by atoms with van der Waals surface area (Å²) in [5, 5.41) is 24.1. The predicted molar refractivity (Wildman–Crippen MR) is 123 cm³/mol. The Hall–Kier alpha value is -3.39. The van der Waals surface area contributed by atoms with Crippen LogP contribution in [0.1, 0.15) is 44.2 Å². The number of carbonyl (C=O) groups excluding carboxylic acids is 2. The van der Waals surface area contributed by atoms with Gasteiger partial charge in [0, 0.05) is 12.5 Å². The molecule has 0 radical (unpaired) electrons. The molecule has 33 heavy (non-hydrogen) atoms. The normalized spacial score (nSPS) is 15.2. The maximum Gasteiger partial charge on any atom is 0.407 e. The zero-order valence-corrected chi connectivity index (χ0v) is 19.0. The molecule has 0 saturated heterocycles. The molecule has 8 nitrogen and oxygen atoms in total. The molecular weight excluding hydrogens is 424 g/mol. The van der Waals surface area contributed by atoms with Crippen LogP contribution in [0.4, 0.5) is 4.79 Å². The van der Waals surface area contributed by atoms with Gasteiger partial charge in [0.1, 0.15) is 12.6 Å². The van der Waals surface area contributed by atoms with E-state index in [-0.39, 0.29) is 25.0 Å². The Morgan fingerprint density at radius 3 is 2.09 bits per heavy atom. The average molecular weight is 455 g/mol. The van der Waals surface area contributed by atoms with Crippen LogP contribution in [0.5, 0.6) is 0 Å². The molecule has 2 amide bonds. The highest BCUT2D eigenvalue weighted by Gasteiger charge is 2.31. The molecule has 176 valence electrons. The Balaban J connectivity index is 1.61. The molecule has 1 aliphatic carbocycles. The SMILES string of the molecule is CC(C)[C@H](NC(=O)OCC1c2ccccc2-c2ccccc21)C(=O)NCC(C)(O)CC(=O)O. The predicted octanol–water partition coefficient (Wildman–Crippen LogP) is 2.89. The molecule has 0 bridgehead atoms. The summed E-state index contributed by atoms with van der Waals surface area (Å²) in [6.45, 7) is 4.73. The maximum absolute atomic E-state index is 12.6. The van der Waals surface area contributed by atoms with Crippen LogP contribution in [0, 0.1) is 5.92 Å². The Labute approximate surface area is 193 Å². The van der Waals surface area contributed by atoms with Crippen molar-refractivity contribution in [2.75, 3.05) is 13.2 Å². The third-order valence-electron chi connectivity index (χ3n) is 5.74. The van der Waals surface area contributed by atoms with E-state index in [9.17, 15) is 19.5 Å². The fraction of sp³-hybridized carbons (Fsp3) is 0.400. The largest absolute Gasteiger partial charge is 0.481 e. The van der Waals surface area contributed by atoms with Crippen LogP contribution >= 0.6 is 0 Å². The monoisotopic (exact) mass is 454 g/mol. The topological polar surface area (TPSA) is 125 Å². The first-order chi connectivity index (χ1) is 15.6. The number of carboxylic acids is 1. The first kappa shape index (κ1) is 24.3. The molecule has 1 unspecified atom stereocenters. The van der Waals surface area contributed by atoms with Crippen molar-refractivity contribution in [3.8, 4) is 11.1 Å². The fourth-order valence-corrected chi connectivity index (χ4v) is 4.08. The molecule has 0 aliphatic heterocycles. The number of aliphatic hydroxyl groups is 1. The van der Waals surface area contributed by atoms with Crippen LogP contribution < -0.4 is 10.6 Å². The van der Waals surface area contributed by atoms with Crippen LogP contribution in [0.3, 0.4) is 0 Å². The van der Waals surface area contributed by atoms with Gasteiger partial charge in [0.25, 0.3) is 0 Å². The van der Waals surface area contributed by atoms with Gasteiger partial charge in [-0.2, -0.15) is 0 Å². The lowest BCUT2D eigenvalue weighted by atomic mass is 9.98. The van der Waals surface area contributed by atoms with E-state index in [0.29, 0.717) is 0 Å². The van der Waals surface area contributed by atoms with E-state index in [4.69, 9.17) is 9.84 Å². The maximum atomic E-state index is 12.6. The van der Waals surface area contributed by atoms with Gasteiger partial charge in [0.15, 0.2) is 0 Å². The highest BCUT2D eigenvalue weighted by Crippen LogP contribution is 2.44. The van der Waals surface area contributed by atoms with E-state index in [1.54, 1.807) is 13.8 Å². The number of aliphatic carboxylic acids is 1. The van der Waals surface area contributed by atoms with Gasteiger partial charge in [-0.1, -0.05) is 62.4 Å². The number of carbonyl (C=O) groups is 3. The van der Waals surface area contributed by atoms with Crippen molar-refractivity contribution in [2.45, 2.75) is 44.8 Å². The van der Waals surface area contributed by atoms with Gasteiger partial charge in [-0.05, 0) is 35.1 Å². The van der Waals surface area contributed by atoms with E-state index in [1.807, 2.05) is 48.5 Å². The summed E-state index contributed by atoms with van der Waals surface area (Å²) in [6.07, 6.45) is -1.23. The summed E-state index contributed by atoms with van der Waals surface area (Å²) in [5.74, 6) is -2.05. The van der Waals surface area contributed by atoms with Gasteiger partial charge < -0.3 is 25.6 Å². The first-order valence-corrected chi connectivity index (χ1v) is 10.9. The molecule has 2 aromatic rings. The van der Waals surface area contributed by atoms with Crippen molar-refractivity contribution in [1.82, 2.24) is 10.6 Å². The summed E-state index contributed by atoms with van der Waals surface area (Å²) in [7, 11) is 0. The van der Waals surface area contributed by atoms with E-state index in [1.165, 1.54) is 6.92 Å². The second-order valence-electron chi connectivity index (χ2n) is 8.98. The molecular formula is C25H30N2O6. The fourth-order valence-electron chi connectivity index (χ4n) is 4.08. The number of nitrogens with one attached hydrogen (secondary N) is 2. The third-order valence-corrected chi connectivity index (χ3v) is 5.74. The second-order valence-corrected chi connectivity index (χ2v) is 8.98. The molecule has 0 spiro atoms. The third kappa shape index (κ3) is 5.90. The van der Waals surface area contributed by atoms with Gasteiger partial charge in [0.05, 0.1) is 12.0 Å². The Kier molecular flexibility index (Phi) is 7.38. The smallest absolute Gasteiger partial charge is 0.407 e. The molecule has 0 aromatic heterocycles. The van der Waals surface area contributed by atoms with Gasteiger partial charge in [-0.15, -0.1) is 0 Å². The van der Waals surface area contributed by atoms with Crippen molar-refractivity contribution in [2.24, 2.45) is 5.92 Å². The quantitative estimate of drug-likeness (QED) is 0.462. The Morgan fingerprint density at radius 2 is 1.58 bits per heavy atom. The van der Waals surface area contributed by atoms with Crippen LogP contribution in [-0.4, -0.2) is 53.0 Å². The van der Waals surface area contributed by atoms with Crippen molar-refractivity contribution < 1.29 is 29.3 Å². The molecule has 3 rings (SSSR count). The minimum absolute atomic E-state index is 0.0967. The van der Waals surface area contributed by atoms with Gasteiger partial charge in [-0.3, -0.25) is 9.59 Å². The number of alkyl carbamates (subject to hydrolysis) is 1. The highest BCUT2D eigenvalue weighted by atomic mass is 16.5. The summed E-state index contributed by atoms with van der Waals surface area (Å²) in [4.78, 5) is 36.0. The van der Waals surface area contributed by atoms with Gasteiger partial charge in [-0.25, -0.2) is 4.79 Å².